The molecule has 3 N–H and O–H groups in total. The first-order valence-electron chi connectivity index (χ1n) is 36.6. The van der Waals surface area contributed by atoms with Gasteiger partial charge >= 0.3 is 5.97 Å². The molecule has 6 heteroatoms. The van der Waals surface area contributed by atoms with Crippen molar-refractivity contribution >= 4 is 11.9 Å². The molecule has 0 aromatic carbocycles. The van der Waals surface area contributed by atoms with Gasteiger partial charge < -0.3 is 20.3 Å². The molecular formula is C74H143NO5. The van der Waals surface area contributed by atoms with Gasteiger partial charge in [-0.1, -0.05) is 366 Å². The van der Waals surface area contributed by atoms with E-state index in [2.05, 4.69) is 31.3 Å². The van der Waals surface area contributed by atoms with Crippen LogP contribution in [0.1, 0.15) is 412 Å². The fraction of sp³-hybridized carbons (Fsp3) is 0.919. The summed E-state index contributed by atoms with van der Waals surface area (Å²) < 4.78 is 5.48. The molecule has 6 nitrogen and oxygen atoms in total. The number of hydrogen-bond donors (Lipinski definition) is 3. The van der Waals surface area contributed by atoms with Crippen LogP contribution in [0.25, 0.3) is 0 Å². The van der Waals surface area contributed by atoms with E-state index >= 15 is 0 Å². The maximum atomic E-state index is 12.5. The van der Waals surface area contributed by atoms with E-state index in [4.69, 9.17) is 4.74 Å². The number of carbonyl (C=O) groups is 2. The molecule has 0 saturated carbocycles. The maximum absolute atomic E-state index is 12.5. The Morgan fingerprint density at radius 2 is 0.588 bits per heavy atom. The first-order valence-corrected chi connectivity index (χ1v) is 36.6. The number of hydrogen-bond acceptors (Lipinski definition) is 5. The van der Waals surface area contributed by atoms with Crippen molar-refractivity contribution in [2.75, 3.05) is 13.2 Å². The van der Waals surface area contributed by atoms with Gasteiger partial charge in [0, 0.05) is 12.8 Å². The summed E-state index contributed by atoms with van der Waals surface area (Å²) in [5, 5.41) is 23.3. The standard InChI is InChI=1S/C74H143NO5/c1-3-5-7-9-11-13-15-17-18-19-20-21-31-34-37-40-43-46-50-54-58-62-66-72(77)71(70-76)75-73(78)67-63-59-55-51-47-44-41-38-35-32-29-27-25-23-22-24-26-28-30-33-36-39-42-45-49-53-57-61-65-69-80-74(79)68-64-60-56-52-48-16-14-12-10-8-6-4-2/h22,24,62,66,71-72,76-77H,3-21,23,25-61,63-65,67-70H2,1-2H3,(H,75,78)/b24-22-,66-62+. The molecule has 0 fully saturated rings. The van der Waals surface area contributed by atoms with E-state index in [1.54, 1.807) is 6.08 Å². The lowest BCUT2D eigenvalue weighted by Crippen LogP contribution is -2.45. The summed E-state index contributed by atoms with van der Waals surface area (Å²) >= 11 is 0. The molecule has 1 amide bonds. The quantitative estimate of drug-likeness (QED) is 0.0320. The van der Waals surface area contributed by atoms with Crippen molar-refractivity contribution < 1.29 is 24.5 Å². The van der Waals surface area contributed by atoms with Crippen molar-refractivity contribution in [2.45, 2.75) is 424 Å². The highest BCUT2D eigenvalue weighted by molar-refractivity contribution is 5.76. The van der Waals surface area contributed by atoms with E-state index in [1.165, 1.54) is 347 Å². The summed E-state index contributed by atoms with van der Waals surface area (Å²) in [4.78, 5) is 24.6. The first-order chi connectivity index (χ1) is 39.5. The van der Waals surface area contributed by atoms with Crippen molar-refractivity contribution in [3.8, 4) is 0 Å². The lowest BCUT2D eigenvalue weighted by Gasteiger charge is -2.20. The summed E-state index contributed by atoms with van der Waals surface area (Å²) in [6.45, 7) is 4.95. The van der Waals surface area contributed by atoms with Crippen LogP contribution >= 0.6 is 0 Å². The maximum Gasteiger partial charge on any atom is 0.305 e. The molecule has 0 rings (SSSR count). The summed E-state index contributed by atoms with van der Waals surface area (Å²) in [5.41, 5.74) is 0. The molecule has 0 bridgehead atoms. The topological polar surface area (TPSA) is 95.9 Å². The van der Waals surface area contributed by atoms with Crippen molar-refractivity contribution in [3.05, 3.63) is 24.3 Å². The minimum Gasteiger partial charge on any atom is -0.466 e. The Bertz CT molecular complexity index is 1250. The SMILES string of the molecule is CCCCCCCCCCCCCCCCCCCCCC/C=C/C(O)C(CO)NC(=O)CCCCCCCCCCCCCCC/C=C\CCCCCCCCCCCCCCOC(=O)CCCCCCCCCCCCCC. The molecular weight excluding hydrogens is 983 g/mol. The Hall–Kier alpha value is -1.66. The second-order valence-corrected chi connectivity index (χ2v) is 25.3. The normalized spacial score (nSPS) is 12.6. The predicted octanol–water partition coefficient (Wildman–Crippen LogP) is 23.7. The number of aliphatic hydroxyl groups excluding tert-OH is 2. The molecule has 0 spiro atoms. The number of ether oxygens (including phenoxy) is 1. The van der Waals surface area contributed by atoms with Crippen LogP contribution in [0.5, 0.6) is 0 Å². The van der Waals surface area contributed by atoms with E-state index in [1.807, 2.05) is 6.08 Å². The third-order valence-corrected chi connectivity index (χ3v) is 17.2. The van der Waals surface area contributed by atoms with Gasteiger partial charge in [0.25, 0.3) is 0 Å². The zero-order valence-corrected chi connectivity index (χ0v) is 54.3. The Labute approximate surface area is 501 Å². The van der Waals surface area contributed by atoms with Gasteiger partial charge in [0.2, 0.25) is 5.91 Å². The number of nitrogens with one attached hydrogen (secondary N) is 1. The smallest absolute Gasteiger partial charge is 0.305 e. The average molecular weight is 1130 g/mol. The van der Waals surface area contributed by atoms with Gasteiger partial charge in [0.05, 0.1) is 25.4 Å². The van der Waals surface area contributed by atoms with Crippen LogP contribution in [-0.2, 0) is 14.3 Å². The number of carbonyl (C=O) groups excluding carboxylic acids is 2. The van der Waals surface area contributed by atoms with Crippen molar-refractivity contribution in [1.29, 1.82) is 0 Å². The van der Waals surface area contributed by atoms with Crippen molar-refractivity contribution in [1.82, 2.24) is 5.32 Å². The summed E-state index contributed by atoms with van der Waals surface area (Å²) in [6.07, 6.45) is 88.4. The van der Waals surface area contributed by atoms with Crippen molar-refractivity contribution in [2.24, 2.45) is 0 Å². The van der Waals surface area contributed by atoms with Crippen molar-refractivity contribution in [3.63, 3.8) is 0 Å². The molecule has 2 atom stereocenters. The average Bonchev–Trinajstić information content (AvgIpc) is 3.46. The van der Waals surface area contributed by atoms with Gasteiger partial charge in [0.1, 0.15) is 0 Å². The second kappa shape index (κ2) is 69.8. The molecule has 80 heavy (non-hydrogen) atoms. The van der Waals surface area contributed by atoms with Crippen LogP contribution in [0.15, 0.2) is 24.3 Å². The molecule has 0 saturated heterocycles. The highest BCUT2D eigenvalue weighted by Gasteiger charge is 2.18. The minimum absolute atomic E-state index is 0.0176. The van der Waals surface area contributed by atoms with Gasteiger partial charge in [-0.3, -0.25) is 9.59 Å². The van der Waals surface area contributed by atoms with Gasteiger partial charge in [0.15, 0.2) is 0 Å². The number of esters is 1. The van der Waals surface area contributed by atoms with E-state index in [-0.39, 0.29) is 18.5 Å². The lowest BCUT2D eigenvalue weighted by molar-refractivity contribution is -0.143. The van der Waals surface area contributed by atoms with Crippen LogP contribution in [0.4, 0.5) is 0 Å². The molecule has 0 aliphatic carbocycles. The summed E-state index contributed by atoms with van der Waals surface area (Å²) in [6, 6.07) is -0.628. The number of allylic oxidation sites excluding steroid dienone is 3. The fourth-order valence-electron chi connectivity index (χ4n) is 11.6. The van der Waals surface area contributed by atoms with Gasteiger partial charge in [-0.15, -0.1) is 0 Å². The molecule has 0 aromatic rings. The third kappa shape index (κ3) is 65.5. The molecule has 0 aromatic heterocycles. The van der Waals surface area contributed by atoms with Crippen LogP contribution in [0, 0.1) is 0 Å². The zero-order valence-electron chi connectivity index (χ0n) is 54.3. The second-order valence-electron chi connectivity index (χ2n) is 25.3. The van der Waals surface area contributed by atoms with Crippen LogP contribution in [-0.4, -0.2) is 47.4 Å². The number of amides is 1. The molecule has 0 heterocycles. The molecule has 0 radical (unpaired) electrons. The highest BCUT2D eigenvalue weighted by Crippen LogP contribution is 2.19. The Kier molecular flexibility index (Phi) is 68.4. The Morgan fingerprint density at radius 3 is 0.887 bits per heavy atom. The summed E-state index contributed by atoms with van der Waals surface area (Å²) in [7, 11) is 0. The van der Waals surface area contributed by atoms with Gasteiger partial charge in [-0.25, -0.2) is 0 Å². The van der Waals surface area contributed by atoms with Crippen LogP contribution in [0.3, 0.4) is 0 Å². The number of aliphatic hydroxyl groups is 2. The third-order valence-electron chi connectivity index (χ3n) is 17.2. The van der Waals surface area contributed by atoms with E-state index in [0.29, 0.717) is 19.4 Å². The lowest BCUT2D eigenvalue weighted by atomic mass is 10.0. The number of unbranched alkanes of at least 4 members (excludes halogenated alkanes) is 56. The molecule has 474 valence electrons. The molecule has 2 unspecified atom stereocenters. The fourth-order valence-corrected chi connectivity index (χ4v) is 11.6. The summed E-state index contributed by atoms with van der Waals surface area (Å²) in [5.74, 6) is -0.0450. The zero-order chi connectivity index (χ0) is 57.8. The number of rotatable bonds is 69. The largest absolute Gasteiger partial charge is 0.466 e. The van der Waals surface area contributed by atoms with Crippen LogP contribution in [0.2, 0.25) is 0 Å². The van der Waals surface area contributed by atoms with E-state index in [9.17, 15) is 19.8 Å². The molecule has 0 aliphatic rings. The minimum atomic E-state index is -0.845. The predicted molar refractivity (Wildman–Crippen MR) is 352 cm³/mol. The molecule has 0 aliphatic heterocycles. The monoisotopic (exact) mass is 1130 g/mol. The Morgan fingerprint density at radius 1 is 0.338 bits per heavy atom. The van der Waals surface area contributed by atoms with Crippen LogP contribution < -0.4 is 5.32 Å². The Balaban J connectivity index is 3.40. The van der Waals surface area contributed by atoms with E-state index in [0.717, 1.165) is 38.5 Å². The van der Waals surface area contributed by atoms with E-state index < -0.39 is 12.1 Å². The van der Waals surface area contributed by atoms with Gasteiger partial charge in [-0.2, -0.15) is 0 Å². The van der Waals surface area contributed by atoms with Gasteiger partial charge in [-0.05, 0) is 57.8 Å². The highest BCUT2D eigenvalue weighted by atomic mass is 16.5. The first kappa shape index (κ1) is 78.3.